The number of morpholine rings is 1. The van der Waals surface area contributed by atoms with Crippen LogP contribution in [0, 0.1) is 12.7 Å². The number of amides is 1. The lowest BCUT2D eigenvalue weighted by molar-refractivity contribution is -0.149. The molecule has 0 spiro atoms. The predicted octanol–water partition coefficient (Wildman–Crippen LogP) is 4.71. The Labute approximate surface area is 241 Å². The number of rotatable bonds is 6. The summed E-state index contributed by atoms with van der Waals surface area (Å²) in [6.07, 6.45) is -3.92. The number of nitrogens with one attached hydrogen (secondary N) is 1. The van der Waals surface area contributed by atoms with Crippen LogP contribution >= 0.6 is 0 Å². The summed E-state index contributed by atoms with van der Waals surface area (Å²) in [7, 11) is 3.50. The van der Waals surface area contributed by atoms with Gasteiger partial charge >= 0.3 is 6.18 Å². The number of nitrogens with zero attached hydrogens (tertiary/aromatic N) is 5. The number of carbonyl (C=O) groups is 1. The molecule has 2 saturated heterocycles. The van der Waals surface area contributed by atoms with E-state index in [1.165, 1.54) is 19.2 Å². The number of likely N-dealkylation sites (N-methyl/N-ethyl adjacent to an activating group) is 1. The number of hydrogen-bond donors (Lipinski definition) is 1. The molecule has 0 radical (unpaired) electrons. The topological polar surface area (TPSA) is 92.7 Å². The maximum Gasteiger partial charge on any atom is 0.419 e. The lowest BCUT2D eigenvalue weighted by Crippen LogP contribution is -2.51. The van der Waals surface area contributed by atoms with Crippen molar-refractivity contribution < 1.29 is 31.8 Å². The smallest absolute Gasteiger partial charge is 0.419 e. The molecule has 226 valence electrons. The standard InChI is InChI=1S/C29H34F4N6O3/c1-16(19-6-5-7-22(24(19)30)29(31,32)33)34-25-21-14-20(27(41-4)37-26(21)36-17(2)35-25)18-8-10-39(11-9-18)28(40)23-15-38(3)12-13-42-23/h5-7,14,16,18,23H,8-13,15H2,1-4H3,(H,34,35,36,37)/t16-,23?/m1/s1. The Morgan fingerprint density at radius 1 is 1.17 bits per heavy atom. The van der Waals surface area contributed by atoms with Gasteiger partial charge in [-0.05, 0) is 51.8 Å². The second-order valence-corrected chi connectivity index (χ2v) is 10.9. The fourth-order valence-electron chi connectivity index (χ4n) is 5.66. The summed E-state index contributed by atoms with van der Waals surface area (Å²) in [5.74, 6) is -0.188. The molecule has 0 aliphatic carbocycles. The molecule has 2 aliphatic rings. The van der Waals surface area contributed by atoms with Crippen molar-refractivity contribution in [3.63, 3.8) is 0 Å². The molecule has 0 saturated carbocycles. The monoisotopic (exact) mass is 590 g/mol. The molecule has 1 amide bonds. The summed E-state index contributed by atoms with van der Waals surface area (Å²) in [6.45, 7) is 6.24. The molecule has 2 aromatic heterocycles. The zero-order chi connectivity index (χ0) is 30.2. The van der Waals surface area contributed by atoms with Crippen LogP contribution < -0.4 is 10.1 Å². The molecular formula is C29H34F4N6O3. The number of piperidine rings is 1. The first-order valence-electron chi connectivity index (χ1n) is 13.9. The van der Waals surface area contributed by atoms with Gasteiger partial charge < -0.3 is 24.6 Å². The number of methoxy groups -OCH3 is 1. The van der Waals surface area contributed by atoms with Crippen LogP contribution in [0.15, 0.2) is 24.3 Å². The van der Waals surface area contributed by atoms with Crippen molar-refractivity contribution >= 4 is 22.8 Å². The van der Waals surface area contributed by atoms with E-state index in [1.807, 2.05) is 18.0 Å². The van der Waals surface area contributed by atoms with Gasteiger partial charge in [-0.3, -0.25) is 4.79 Å². The number of halogens is 4. The number of hydrogen-bond acceptors (Lipinski definition) is 8. The van der Waals surface area contributed by atoms with Crippen LogP contribution in [0.4, 0.5) is 23.4 Å². The summed E-state index contributed by atoms with van der Waals surface area (Å²) >= 11 is 0. The third-order valence-electron chi connectivity index (χ3n) is 7.93. The maximum absolute atomic E-state index is 14.9. The number of anilines is 1. The van der Waals surface area contributed by atoms with Gasteiger partial charge in [-0.2, -0.15) is 18.2 Å². The van der Waals surface area contributed by atoms with Crippen molar-refractivity contribution in [2.45, 2.75) is 50.9 Å². The highest BCUT2D eigenvalue weighted by Crippen LogP contribution is 2.38. The average molecular weight is 591 g/mol. The number of carbonyl (C=O) groups excluding carboxylic acids is 1. The molecule has 3 aromatic rings. The minimum atomic E-state index is -4.81. The van der Waals surface area contributed by atoms with Gasteiger partial charge in [-0.1, -0.05) is 12.1 Å². The Bertz CT molecular complexity index is 1460. The third kappa shape index (κ3) is 6.12. The van der Waals surface area contributed by atoms with Gasteiger partial charge in [0, 0.05) is 37.3 Å². The van der Waals surface area contributed by atoms with Gasteiger partial charge in [0.05, 0.1) is 30.7 Å². The van der Waals surface area contributed by atoms with Crippen LogP contribution in [-0.2, 0) is 15.7 Å². The predicted molar refractivity (Wildman–Crippen MR) is 148 cm³/mol. The zero-order valence-electron chi connectivity index (χ0n) is 24.0. The number of fused-ring (bicyclic) bond motifs is 1. The van der Waals surface area contributed by atoms with E-state index in [9.17, 15) is 22.4 Å². The summed E-state index contributed by atoms with van der Waals surface area (Å²) in [5, 5.41) is 3.62. The van der Waals surface area contributed by atoms with E-state index >= 15 is 0 Å². The molecule has 0 bridgehead atoms. The molecule has 9 nitrogen and oxygen atoms in total. The molecule has 2 aliphatic heterocycles. The number of likely N-dealkylation sites (tertiary alicyclic amines) is 1. The van der Waals surface area contributed by atoms with Crippen molar-refractivity contribution in [3.8, 4) is 5.88 Å². The molecule has 13 heteroatoms. The van der Waals surface area contributed by atoms with Crippen molar-refractivity contribution in [2.24, 2.45) is 0 Å². The van der Waals surface area contributed by atoms with Gasteiger partial charge in [-0.15, -0.1) is 0 Å². The summed E-state index contributed by atoms with van der Waals surface area (Å²) in [4.78, 5) is 30.5. The first-order valence-corrected chi connectivity index (χ1v) is 13.9. The number of alkyl halides is 3. The third-order valence-corrected chi connectivity index (χ3v) is 7.93. The number of aromatic nitrogens is 3. The fourth-order valence-corrected chi connectivity index (χ4v) is 5.66. The maximum atomic E-state index is 14.9. The highest BCUT2D eigenvalue weighted by molar-refractivity contribution is 5.88. The van der Waals surface area contributed by atoms with E-state index in [1.54, 1.807) is 13.8 Å². The Kier molecular flexibility index (Phi) is 8.51. The number of aryl methyl sites for hydroxylation is 1. The molecule has 1 aromatic carbocycles. The molecular weight excluding hydrogens is 556 g/mol. The second kappa shape index (κ2) is 12.0. The first-order chi connectivity index (χ1) is 20.0. The Balaban J connectivity index is 1.40. The molecule has 1 N–H and O–H groups in total. The summed E-state index contributed by atoms with van der Waals surface area (Å²) < 4.78 is 66.2. The normalized spacial score (nSPS) is 19.6. The Morgan fingerprint density at radius 2 is 1.90 bits per heavy atom. The minimum Gasteiger partial charge on any atom is -0.481 e. The van der Waals surface area contributed by atoms with Crippen molar-refractivity contribution in [1.82, 2.24) is 24.8 Å². The lowest BCUT2D eigenvalue weighted by atomic mass is 9.89. The van der Waals surface area contributed by atoms with E-state index in [0.29, 0.717) is 67.6 Å². The molecule has 2 fully saturated rings. The first kappa shape index (κ1) is 29.9. The van der Waals surface area contributed by atoms with Crippen molar-refractivity contribution in [3.05, 3.63) is 52.6 Å². The average Bonchev–Trinajstić information content (AvgIpc) is 2.95. The van der Waals surface area contributed by atoms with E-state index < -0.39 is 29.7 Å². The van der Waals surface area contributed by atoms with Crippen molar-refractivity contribution in [2.75, 3.05) is 52.3 Å². The van der Waals surface area contributed by atoms with E-state index in [4.69, 9.17) is 9.47 Å². The minimum absolute atomic E-state index is 0.00484. The van der Waals surface area contributed by atoms with Gasteiger partial charge in [0.25, 0.3) is 5.91 Å². The van der Waals surface area contributed by atoms with Crippen LogP contribution in [0.25, 0.3) is 11.0 Å². The molecule has 4 heterocycles. The Morgan fingerprint density at radius 3 is 2.57 bits per heavy atom. The SMILES string of the molecule is COc1nc2nc(C)nc(N[C@H](C)c3cccc(C(F)(F)F)c3F)c2cc1C1CCN(C(=O)C2CN(C)CCO2)CC1. The van der Waals surface area contributed by atoms with Crippen molar-refractivity contribution in [1.29, 1.82) is 0 Å². The van der Waals surface area contributed by atoms with Crippen LogP contribution in [0.3, 0.4) is 0 Å². The van der Waals surface area contributed by atoms with Crippen LogP contribution in [0.1, 0.15) is 54.2 Å². The van der Waals surface area contributed by atoms with Crippen LogP contribution in [-0.4, -0.2) is 83.7 Å². The summed E-state index contributed by atoms with van der Waals surface area (Å²) in [5.41, 5.74) is -0.299. The zero-order valence-corrected chi connectivity index (χ0v) is 24.0. The summed E-state index contributed by atoms with van der Waals surface area (Å²) in [6, 6.07) is 4.25. The largest absolute Gasteiger partial charge is 0.481 e. The fraction of sp³-hybridized carbons (Fsp3) is 0.517. The quantitative estimate of drug-likeness (QED) is 0.413. The van der Waals surface area contributed by atoms with Crippen LogP contribution in [0.2, 0.25) is 0 Å². The number of ether oxygens (including phenoxy) is 2. The second-order valence-electron chi connectivity index (χ2n) is 10.9. The molecule has 5 rings (SSSR count). The van der Waals surface area contributed by atoms with E-state index in [0.717, 1.165) is 18.2 Å². The highest BCUT2D eigenvalue weighted by atomic mass is 19.4. The number of pyridine rings is 1. The van der Waals surface area contributed by atoms with Gasteiger partial charge in [0.1, 0.15) is 23.6 Å². The molecule has 1 unspecified atom stereocenters. The van der Waals surface area contributed by atoms with E-state index in [-0.39, 0.29) is 17.4 Å². The van der Waals surface area contributed by atoms with Gasteiger partial charge in [-0.25, -0.2) is 14.4 Å². The van der Waals surface area contributed by atoms with Crippen LogP contribution in [0.5, 0.6) is 5.88 Å². The van der Waals surface area contributed by atoms with Gasteiger partial charge in [0.15, 0.2) is 5.65 Å². The lowest BCUT2D eigenvalue weighted by Gasteiger charge is -2.37. The molecule has 2 atom stereocenters. The van der Waals surface area contributed by atoms with Gasteiger partial charge in [0.2, 0.25) is 5.88 Å². The van der Waals surface area contributed by atoms with E-state index in [2.05, 4.69) is 25.2 Å². The Hall–Kier alpha value is -3.58. The molecule has 42 heavy (non-hydrogen) atoms. The number of benzene rings is 1. The highest BCUT2D eigenvalue weighted by Gasteiger charge is 2.36.